The van der Waals surface area contributed by atoms with Crippen molar-refractivity contribution in [1.29, 1.82) is 0 Å². The monoisotopic (exact) mass is 137 g/mol. The molecule has 1 rings (SSSR count). The summed E-state index contributed by atoms with van der Waals surface area (Å²) in [6, 6.07) is 1.26. The van der Waals surface area contributed by atoms with E-state index >= 15 is 0 Å². The number of nitrogens with one attached hydrogen (secondary N) is 1. The maximum absolute atomic E-state index is 3.77. The van der Waals surface area contributed by atoms with Gasteiger partial charge in [0.15, 0.2) is 0 Å². The summed E-state index contributed by atoms with van der Waals surface area (Å²) in [6.07, 6.45) is 5.28. The number of rotatable bonds is 3. The van der Waals surface area contributed by atoms with Crippen molar-refractivity contribution in [2.45, 2.75) is 32.4 Å². The third-order valence-corrected chi connectivity index (χ3v) is 1.87. The Morgan fingerprint density at radius 3 is 2.60 bits per heavy atom. The second kappa shape index (κ2) is 3.02. The fourth-order valence-corrected chi connectivity index (χ4v) is 1.19. The maximum Gasteiger partial charge on any atom is 0.0472 e. The number of hydrogen-bond donors (Lipinski definition) is 1. The molecule has 1 fully saturated rings. The van der Waals surface area contributed by atoms with Gasteiger partial charge in [-0.2, -0.15) is 0 Å². The molecule has 0 aromatic carbocycles. The van der Waals surface area contributed by atoms with Crippen molar-refractivity contribution in [2.24, 2.45) is 0 Å². The van der Waals surface area contributed by atoms with Crippen LogP contribution in [0.2, 0.25) is 0 Å². The SMILES string of the molecule is C=C/C(=C\CC)C1NC1C. The van der Waals surface area contributed by atoms with Gasteiger partial charge in [-0.3, -0.25) is 0 Å². The predicted molar refractivity (Wildman–Crippen MR) is 45.0 cm³/mol. The van der Waals surface area contributed by atoms with E-state index in [1.54, 1.807) is 0 Å². The van der Waals surface area contributed by atoms with Crippen molar-refractivity contribution in [1.82, 2.24) is 5.32 Å². The van der Waals surface area contributed by atoms with Gasteiger partial charge in [0.05, 0.1) is 0 Å². The lowest BCUT2D eigenvalue weighted by Crippen LogP contribution is -1.93. The minimum absolute atomic E-state index is 0.595. The van der Waals surface area contributed by atoms with E-state index < -0.39 is 0 Å². The van der Waals surface area contributed by atoms with Crippen LogP contribution in [0.1, 0.15) is 20.3 Å². The van der Waals surface area contributed by atoms with E-state index in [9.17, 15) is 0 Å². The molecule has 1 aliphatic rings. The zero-order valence-electron chi connectivity index (χ0n) is 6.72. The van der Waals surface area contributed by atoms with Gasteiger partial charge in [0.25, 0.3) is 0 Å². The van der Waals surface area contributed by atoms with E-state index in [0.717, 1.165) is 6.42 Å². The van der Waals surface area contributed by atoms with Gasteiger partial charge in [-0.25, -0.2) is 0 Å². The molecule has 0 aliphatic carbocycles. The standard InChI is InChI=1S/C9H15N/c1-4-6-8(5-2)9-7(3)10-9/h5-7,9-10H,2,4H2,1,3H3/b8-6+. The van der Waals surface area contributed by atoms with Crippen molar-refractivity contribution in [2.75, 3.05) is 0 Å². The zero-order chi connectivity index (χ0) is 7.56. The van der Waals surface area contributed by atoms with Gasteiger partial charge < -0.3 is 5.32 Å². The molecule has 1 heteroatoms. The molecule has 0 amide bonds. The molecule has 0 radical (unpaired) electrons. The highest BCUT2D eigenvalue weighted by Crippen LogP contribution is 2.20. The van der Waals surface area contributed by atoms with E-state index in [0.29, 0.717) is 12.1 Å². The van der Waals surface area contributed by atoms with Crippen LogP contribution in [0, 0.1) is 0 Å². The minimum Gasteiger partial charge on any atom is -0.304 e. The molecule has 2 unspecified atom stereocenters. The fourth-order valence-electron chi connectivity index (χ4n) is 1.19. The second-order valence-electron chi connectivity index (χ2n) is 2.75. The largest absolute Gasteiger partial charge is 0.304 e. The van der Waals surface area contributed by atoms with Gasteiger partial charge in [0.1, 0.15) is 0 Å². The maximum atomic E-state index is 3.77. The first-order chi connectivity index (χ1) is 4.79. The fraction of sp³-hybridized carbons (Fsp3) is 0.556. The van der Waals surface area contributed by atoms with E-state index in [2.05, 4.69) is 31.8 Å². The predicted octanol–water partition coefficient (Wildman–Crippen LogP) is 1.87. The molecule has 56 valence electrons. The molecular weight excluding hydrogens is 122 g/mol. The van der Waals surface area contributed by atoms with Crippen LogP contribution in [0.5, 0.6) is 0 Å². The summed E-state index contributed by atoms with van der Waals surface area (Å²) in [7, 11) is 0. The van der Waals surface area contributed by atoms with Crippen LogP contribution in [-0.2, 0) is 0 Å². The molecule has 1 aliphatic heterocycles. The van der Waals surface area contributed by atoms with Crippen LogP contribution in [0.4, 0.5) is 0 Å². The van der Waals surface area contributed by atoms with Crippen molar-refractivity contribution < 1.29 is 0 Å². The first kappa shape index (κ1) is 7.55. The second-order valence-corrected chi connectivity index (χ2v) is 2.75. The van der Waals surface area contributed by atoms with Gasteiger partial charge in [-0.1, -0.05) is 25.7 Å². The van der Waals surface area contributed by atoms with Crippen molar-refractivity contribution in [3.05, 3.63) is 24.3 Å². The summed E-state index contributed by atoms with van der Waals surface area (Å²) in [5.41, 5.74) is 1.36. The Bertz CT molecular complexity index is 158. The Morgan fingerprint density at radius 1 is 1.70 bits per heavy atom. The third-order valence-electron chi connectivity index (χ3n) is 1.87. The molecule has 0 bridgehead atoms. The van der Waals surface area contributed by atoms with Crippen molar-refractivity contribution in [3.63, 3.8) is 0 Å². The van der Waals surface area contributed by atoms with E-state index in [1.165, 1.54) is 5.57 Å². The van der Waals surface area contributed by atoms with Gasteiger partial charge in [0, 0.05) is 12.1 Å². The lowest BCUT2D eigenvalue weighted by molar-refractivity contribution is 1.06. The summed E-state index contributed by atoms with van der Waals surface area (Å²) in [4.78, 5) is 0. The van der Waals surface area contributed by atoms with Gasteiger partial charge in [-0.15, -0.1) is 0 Å². The first-order valence-electron chi connectivity index (χ1n) is 3.88. The van der Waals surface area contributed by atoms with Gasteiger partial charge in [-0.05, 0) is 18.9 Å². The number of hydrogen-bond acceptors (Lipinski definition) is 1. The molecule has 0 aromatic heterocycles. The molecular formula is C9H15N. The highest BCUT2D eigenvalue weighted by Gasteiger charge is 2.32. The van der Waals surface area contributed by atoms with Crippen LogP contribution in [-0.4, -0.2) is 12.1 Å². The third kappa shape index (κ3) is 1.48. The molecule has 0 saturated carbocycles. The van der Waals surface area contributed by atoms with Crippen molar-refractivity contribution >= 4 is 0 Å². The molecule has 0 aromatic rings. The topological polar surface area (TPSA) is 21.9 Å². The van der Waals surface area contributed by atoms with Crippen LogP contribution >= 0.6 is 0 Å². The van der Waals surface area contributed by atoms with Crippen LogP contribution in [0.3, 0.4) is 0 Å². The smallest absolute Gasteiger partial charge is 0.0472 e. The summed E-state index contributed by atoms with van der Waals surface area (Å²) in [5.74, 6) is 0. The molecule has 0 spiro atoms. The highest BCUT2D eigenvalue weighted by molar-refractivity contribution is 5.30. The average Bonchev–Trinajstić information content (AvgIpc) is 2.62. The molecule has 1 heterocycles. The Kier molecular flexibility index (Phi) is 2.28. The summed E-state index contributed by atoms with van der Waals surface area (Å²) < 4.78 is 0. The highest BCUT2D eigenvalue weighted by atomic mass is 15.1. The van der Waals surface area contributed by atoms with E-state index in [1.807, 2.05) is 6.08 Å². The quantitative estimate of drug-likeness (QED) is 0.465. The molecule has 1 N–H and O–H groups in total. The first-order valence-corrected chi connectivity index (χ1v) is 3.88. The lowest BCUT2D eigenvalue weighted by Gasteiger charge is -1.94. The Balaban J connectivity index is 2.49. The Labute approximate surface area is 62.8 Å². The average molecular weight is 137 g/mol. The van der Waals surface area contributed by atoms with Crippen LogP contribution in [0.15, 0.2) is 24.3 Å². The molecule has 2 atom stereocenters. The zero-order valence-corrected chi connectivity index (χ0v) is 6.72. The summed E-state index contributed by atoms with van der Waals surface area (Å²) >= 11 is 0. The van der Waals surface area contributed by atoms with Crippen LogP contribution in [0.25, 0.3) is 0 Å². The van der Waals surface area contributed by atoms with Crippen LogP contribution < -0.4 is 5.32 Å². The normalized spacial score (nSPS) is 32.0. The number of allylic oxidation sites excluding steroid dienone is 1. The Hall–Kier alpha value is -0.560. The minimum atomic E-state index is 0.595. The van der Waals surface area contributed by atoms with E-state index in [4.69, 9.17) is 0 Å². The summed E-state index contributed by atoms with van der Waals surface area (Å²) in [5, 5.41) is 3.33. The van der Waals surface area contributed by atoms with E-state index in [-0.39, 0.29) is 0 Å². The lowest BCUT2D eigenvalue weighted by atomic mass is 10.1. The summed E-state index contributed by atoms with van der Waals surface area (Å²) in [6.45, 7) is 8.11. The molecule has 1 nitrogen and oxygen atoms in total. The molecule has 1 saturated heterocycles. The van der Waals surface area contributed by atoms with Gasteiger partial charge >= 0.3 is 0 Å². The Morgan fingerprint density at radius 2 is 2.30 bits per heavy atom. The van der Waals surface area contributed by atoms with Gasteiger partial charge in [0.2, 0.25) is 0 Å². The van der Waals surface area contributed by atoms with Crippen molar-refractivity contribution in [3.8, 4) is 0 Å². The molecule has 10 heavy (non-hydrogen) atoms.